The van der Waals surface area contributed by atoms with Gasteiger partial charge in [0.25, 0.3) is 5.91 Å². The second-order valence-corrected chi connectivity index (χ2v) is 6.23. The fraction of sp³-hybridized carbons (Fsp3) is 0.350. The maximum absolute atomic E-state index is 12.3. The van der Waals surface area contributed by atoms with E-state index in [0.29, 0.717) is 5.56 Å². The molecular formula is C20H25N3O4. The molecule has 0 aliphatic carbocycles. The summed E-state index contributed by atoms with van der Waals surface area (Å²) in [4.78, 5) is 36.3. The van der Waals surface area contributed by atoms with Gasteiger partial charge >= 0.3 is 12.0 Å². The Bertz CT molecular complexity index is 827. The van der Waals surface area contributed by atoms with E-state index in [4.69, 9.17) is 4.74 Å². The molecule has 2 N–H and O–H groups in total. The van der Waals surface area contributed by atoms with E-state index in [1.54, 1.807) is 6.07 Å². The van der Waals surface area contributed by atoms with E-state index in [1.807, 2.05) is 55.7 Å². The maximum atomic E-state index is 12.3. The molecule has 2 rings (SSSR count). The van der Waals surface area contributed by atoms with Gasteiger partial charge in [0.1, 0.15) is 0 Å². The van der Waals surface area contributed by atoms with E-state index in [0.717, 1.165) is 23.5 Å². The van der Waals surface area contributed by atoms with Gasteiger partial charge in [-0.3, -0.25) is 10.1 Å². The molecule has 7 heteroatoms. The molecule has 144 valence electrons. The third kappa shape index (κ3) is 5.20. The molecule has 0 saturated heterocycles. The molecule has 1 atom stereocenters. The van der Waals surface area contributed by atoms with Crippen LogP contribution in [0, 0.1) is 13.8 Å². The van der Waals surface area contributed by atoms with E-state index in [-0.39, 0.29) is 6.54 Å². The number of carbonyl (C=O) groups excluding carboxylic acids is 3. The SMILES string of the molecule is CCn1c(C)cc(C(=O)OC(C)C(=O)NC(=O)NCc2ccccc2)c1C. The van der Waals surface area contributed by atoms with Crippen LogP contribution in [0.4, 0.5) is 4.79 Å². The first-order valence-corrected chi connectivity index (χ1v) is 8.83. The first kappa shape index (κ1) is 20.2. The number of hydrogen-bond acceptors (Lipinski definition) is 4. The average molecular weight is 371 g/mol. The van der Waals surface area contributed by atoms with Crippen molar-refractivity contribution in [2.45, 2.75) is 46.9 Å². The van der Waals surface area contributed by atoms with E-state index in [2.05, 4.69) is 10.6 Å². The number of nitrogens with one attached hydrogen (secondary N) is 2. The monoisotopic (exact) mass is 371 g/mol. The van der Waals surface area contributed by atoms with E-state index in [1.165, 1.54) is 6.92 Å². The number of rotatable bonds is 6. The summed E-state index contributed by atoms with van der Waals surface area (Å²) >= 11 is 0. The smallest absolute Gasteiger partial charge is 0.340 e. The van der Waals surface area contributed by atoms with Crippen LogP contribution in [0.3, 0.4) is 0 Å². The van der Waals surface area contributed by atoms with Crippen molar-refractivity contribution in [3.05, 3.63) is 58.9 Å². The molecule has 1 aromatic heterocycles. The van der Waals surface area contributed by atoms with Crippen LogP contribution in [0.25, 0.3) is 0 Å². The van der Waals surface area contributed by atoms with Crippen LogP contribution in [0.1, 0.15) is 41.2 Å². The Morgan fingerprint density at radius 2 is 1.81 bits per heavy atom. The number of esters is 1. The zero-order valence-corrected chi connectivity index (χ0v) is 16.0. The zero-order chi connectivity index (χ0) is 20.0. The summed E-state index contributed by atoms with van der Waals surface area (Å²) in [5.74, 6) is -1.27. The van der Waals surface area contributed by atoms with E-state index in [9.17, 15) is 14.4 Å². The number of benzene rings is 1. The molecule has 0 aliphatic rings. The molecular weight excluding hydrogens is 346 g/mol. The first-order chi connectivity index (χ1) is 12.8. The Morgan fingerprint density at radius 3 is 2.41 bits per heavy atom. The number of imide groups is 1. The summed E-state index contributed by atoms with van der Waals surface area (Å²) in [6, 6.07) is 10.4. The molecule has 0 fully saturated rings. The predicted molar refractivity (Wildman–Crippen MR) is 101 cm³/mol. The second-order valence-electron chi connectivity index (χ2n) is 6.23. The molecule has 0 saturated carbocycles. The number of urea groups is 1. The predicted octanol–water partition coefficient (Wildman–Crippen LogP) is 2.70. The summed E-state index contributed by atoms with van der Waals surface area (Å²) in [5, 5.41) is 4.76. The maximum Gasteiger partial charge on any atom is 0.340 e. The largest absolute Gasteiger partial charge is 0.449 e. The highest BCUT2D eigenvalue weighted by Gasteiger charge is 2.23. The van der Waals surface area contributed by atoms with Crippen LogP contribution in [-0.2, 0) is 22.6 Å². The molecule has 1 unspecified atom stereocenters. The van der Waals surface area contributed by atoms with Gasteiger partial charge in [0.15, 0.2) is 6.10 Å². The van der Waals surface area contributed by atoms with E-state index >= 15 is 0 Å². The minimum absolute atomic E-state index is 0.289. The molecule has 0 aliphatic heterocycles. The normalized spacial score (nSPS) is 11.6. The number of aromatic nitrogens is 1. The molecule has 0 spiro atoms. The zero-order valence-electron chi connectivity index (χ0n) is 16.0. The first-order valence-electron chi connectivity index (χ1n) is 8.83. The average Bonchev–Trinajstić information content (AvgIpc) is 2.94. The van der Waals surface area contributed by atoms with Crippen LogP contribution >= 0.6 is 0 Å². The van der Waals surface area contributed by atoms with Crippen molar-refractivity contribution in [3.8, 4) is 0 Å². The minimum atomic E-state index is -1.09. The van der Waals surface area contributed by atoms with Crippen LogP contribution in [-0.4, -0.2) is 28.6 Å². The lowest BCUT2D eigenvalue weighted by Crippen LogP contribution is -2.44. The van der Waals surface area contributed by atoms with Crippen molar-refractivity contribution in [2.75, 3.05) is 0 Å². The van der Waals surface area contributed by atoms with Gasteiger partial charge in [0, 0.05) is 24.5 Å². The molecule has 7 nitrogen and oxygen atoms in total. The van der Waals surface area contributed by atoms with Crippen molar-refractivity contribution in [3.63, 3.8) is 0 Å². The number of amides is 3. The third-order valence-corrected chi connectivity index (χ3v) is 4.30. The Kier molecular flexibility index (Phi) is 6.76. The summed E-state index contributed by atoms with van der Waals surface area (Å²) < 4.78 is 7.20. The van der Waals surface area contributed by atoms with Gasteiger partial charge in [-0.1, -0.05) is 30.3 Å². The molecule has 0 radical (unpaired) electrons. The van der Waals surface area contributed by atoms with Gasteiger partial charge in [-0.05, 0) is 39.3 Å². The van der Waals surface area contributed by atoms with Gasteiger partial charge < -0.3 is 14.6 Å². The molecule has 1 aromatic carbocycles. The summed E-state index contributed by atoms with van der Waals surface area (Å²) in [6.07, 6.45) is -1.09. The molecule has 1 heterocycles. The minimum Gasteiger partial charge on any atom is -0.449 e. The number of hydrogen-bond donors (Lipinski definition) is 2. The lowest BCUT2D eigenvalue weighted by molar-refractivity contribution is -0.127. The van der Waals surface area contributed by atoms with Crippen molar-refractivity contribution in [1.82, 2.24) is 15.2 Å². The number of carbonyl (C=O) groups is 3. The van der Waals surface area contributed by atoms with Crippen molar-refractivity contribution in [2.24, 2.45) is 0 Å². The highest BCUT2D eigenvalue weighted by Crippen LogP contribution is 2.16. The van der Waals surface area contributed by atoms with Gasteiger partial charge in [-0.15, -0.1) is 0 Å². The molecule has 0 bridgehead atoms. The van der Waals surface area contributed by atoms with Crippen LogP contribution in [0.2, 0.25) is 0 Å². The van der Waals surface area contributed by atoms with Gasteiger partial charge in [0.2, 0.25) is 0 Å². The van der Waals surface area contributed by atoms with Gasteiger partial charge in [-0.25, -0.2) is 9.59 Å². The fourth-order valence-corrected chi connectivity index (χ4v) is 2.81. The van der Waals surface area contributed by atoms with Gasteiger partial charge in [0.05, 0.1) is 5.56 Å². The van der Waals surface area contributed by atoms with Crippen LogP contribution in [0.5, 0.6) is 0 Å². The van der Waals surface area contributed by atoms with Crippen molar-refractivity contribution < 1.29 is 19.1 Å². The molecule has 2 aromatic rings. The quantitative estimate of drug-likeness (QED) is 0.764. The van der Waals surface area contributed by atoms with Crippen LogP contribution < -0.4 is 10.6 Å². The molecule has 27 heavy (non-hydrogen) atoms. The highest BCUT2D eigenvalue weighted by molar-refractivity contribution is 5.98. The van der Waals surface area contributed by atoms with Crippen molar-refractivity contribution >= 4 is 17.9 Å². The fourth-order valence-electron chi connectivity index (χ4n) is 2.81. The summed E-state index contributed by atoms with van der Waals surface area (Å²) in [7, 11) is 0. The van der Waals surface area contributed by atoms with Crippen molar-refractivity contribution in [1.29, 1.82) is 0 Å². The topological polar surface area (TPSA) is 89.4 Å². The lowest BCUT2D eigenvalue weighted by atomic mass is 10.2. The standard InChI is InChI=1S/C20H25N3O4/c1-5-23-13(2)11-17(14(23)3)19(25)27-15(4)18(24)22-20(26)21-12-16-9-7-6-8-10-16/h6-11,15H,5,12H2,1-4H3,(H2,21,22,24,26). The third-order valence-electron chi connectivity index (χ3n) is 4.30. The Morgan fingerprint density at radius 1 is 1.15 bits per heavy atom. The second kappa shape index (κ2) is 9.02. The Labute approximate surface area is 158 Å². The Hall–Kier alpha value is -3.09. The van der Waals surface area contributed by atoms with Gasteiger partial charge in [-0.2, -0.15) is 0 Å². The highest BCUT2D eigenvalue weighted by atomic mass is 16.5. The molecule has 3 amide bonds. The summed E-state index contributed by atoms with van der Waals surface area (Å²) in [5.41, 5.74) is 3.06. The van der Waals surface area contributed by atoms with Crippen LogP contribution in [0.15, 0.2) is 36.4 Å². The summed E-state index contributed by atoms with van der Waals surface area (Å²) in [6.45, 7) is 8.17. The number of aryl methyl sites for hydroxylation is 1. The Balaban J connectivity index is 1.87. The lowest BCUT2D eigenvalue weighted by Gasteiger charge is -2.13. The number of ether oxygens (including phenoxy) is 1. The number of nitrogens with zero attached hydrogens (tertiary/aromatic N) is 1. The van der Waals surface area contributed by atoms with E-state index < -0.39 is 24.0 Å².